The Labute approximate surface area is 64.5 Å². The summed E-state index contributed by atoms with van der Waals surface area (Å²) >= 11 is 3.26. The third kappa shape index (κ3) is 2.24. The van der Waals surface area contributed by atoms with Gasteiger partial charge in [0.1, 0.15) is 0 Å². The molecule has 0 bridgehead atoms. The second kappa shape index (κ2) is 3.74. The van der Waals surface area contributed by atoms with Crippen molar-refractivity contribution in [3.63, 3.8) is 0 Å². The Morgan fingerprint density at radius 3 is 3.11 bits per heavy atom. The fourth-order valence-corrected chi connectivity index (χ4v) is 1.07. The van der Waals surface area contributed by atoms with Crippen LogP contribution in [0, 0.1) is 11.8 Å². The van der Waals surface area contributed by atoms with E-state index >= 15 is 0 Å². The molecular weight excluding hydrogens is 176 g/mol. The quantitative estimate of drug-likeness (QED) is 0.401. The highest BCUT2D eigenvalue weighted by Gasteiger charge is 1.98. The number of hydrogen-bond acceptors (Lipinski definition) is 0. The van der Waals surface area contributed by atoms with Crippen LogP contribution in [0.15, 0.2) is 11.6 Å². The Morgan fingerprint density at radius 2 is 2.56 bits per heavy atom. The van der Waals surface area contributed by atoms with E-state index in [0.717, 1.165) is 5.33 Å². The van der Waals surface area contributed by atoms with Gasteiger partial charge in [-0.3, -0.25) is 0 Å². The van der Waals surface area contributed by atoms with Crippen LogP contribution in [-0.4, -0.2) is 5.33 Å². The van der Waals surface area contributed by atoms with Crippen molar-refractivity contribution in [2.24, 2.45) is 0 Å². The van der Waals surface area contributed by atoms with Crippen molar-refractivity contribution in [1.29, 1.82) is 0 Å². The maximum Gasteiger partial charge on any atom is 0.0649 e. The van der Waals surface area contributed by atoms with Crippen molar-refractivity contribution in [2.45, 2.75) is 19.3 Å². The van der Waals surface area contributed by atoms with Gasteiger partial charge in [-0.1, -0.05) is 33.8 Å². The first-order chi connectivity index (χ1) is 4.43. The maximum atomic E-state index is 3.26. The van der Waals surface area contributed by atoms with Gasteiger partial charge >= 0.3 is 0 Å². The zero-order valence-electron chi connectivity index (χ0n) is 5.28. The summed E-state index contributed by atoms with van der Waals surface area (Å²) in [5, 5.41) is 0.796. The lowest BCUT2D eigenvalue weighted by Crippen LogP contribution is -1.69. The number of hydrogen-bond donors (Lipinski definition) is 0. The molecule has 0 unspecified atom stereocenters. The van der Waals surface area contributed by atoms with Crippen LogP contribution >= 0.6 is 15.9 Å². The number of allylic oxidation sites excluding steroid dienone is 2. The molecular formula is C8H9Br. The third-order valence-electron chi connectivity index (χ3n) is 1.36. The largest absolute Gasteiger partial charge is 0.0867 e. The van der Waals surface area contributed by atoms with Crippen LogP contribution in [0.4, 0.5) is 0 Å². The molecule has 1 heteroatoms. The summed E-state index contributed by atoms with van der Waals surface area (Å²) in [6, 6.07) is 0. The molecule has 0 heterocycles. The van der Waals surface area contributed by atoms with Gasteiger partial charge in [0.25, 0.3) is 0 Å². The van der Waals surface area contributed by atoms with Crippen molar-refractivity contribution in [3.8, 4) is 11.8 Å². The van der Waals surface area contributed by atoms with E-state index in [-0.39, 0.29) is 0 Å². The number of halogens is 1. The molecule has 0 aromatic carbocycles. The van der Waals surface area contributed by atoms with E-state index in [1.54, 1.807) is 0 Å². The summed E-state index contributed by atoms with van der Waals surface area (Å²) in [5.74, 6) is 6.08. The summed E-state index contributed by atoms with van der Waals surface area (Å²) < 4.78 is 0. The molecule has 1 aliphatic rings. The first-order valence-electron chi connectivity index (χ1n) is 3.17. The minimum absolute atomic E-state index is 0.796. The summed E-state index contributed by atoms with van der Waals surface area (Å²) in [5.41, 5.74) is 1.33. The minimum atomic E-state index is 0.796. The Kier molecular flexibility index (Phi) is 2.86. The van der Waals surface area contributed by atoms with Crippen LogP contribution in [0.2, 0.25) is 0 Å². The predicted molar refractivity (Wildman–Crippen MR) is 43.5 cm³/mol. The lowest BCUT2D eigenvalue weighted by atomic mass is 10.2. The zero-order valence-corrected chi connectivity index (χ0v) is 6.87. The molecule has 0 radical (unpaired) electrons. The zero-order chi connectivity index (χ0) is 6.53. The Morgan fingerprint density at radius 1 is 1.67 bits per heavy atom. The van der Waals surface area contributed by atoms with E-state index in [9.17, 15) is 0 Å². The van der Waals surface area contributed by atoms with Gasteiger partial charge in [-0.15, -0.1) is 0 Å². The Hall–Kier alpha value is -0.220. The molecule has 0 saturated heterocycles. The molecule has 48 valence electrons. The van der Waals surface area contributed by atoms with Gasteiger partial charge in [0.2, 0.25) is 0 Å². The highest BCUT2D eigenvalue weighted by molar-refractivity contribution is 9.09. The number of alkyl halides is 1. The van der Waals surface area contributed by atoms with E-state index < -0.39 is 0 Å². The van der Waals surface area contributed by atoms with E-state index in [0.29, 0.717) is 0 Å². The number of rotatable bonds is 0. The van der Waals surface area contributed by atoms with Crippen LogP contribution < -0.4 is 0 Å². The monoisotopic (exact) mass is 184 g/mol. The van der Waals surface area contributed by atoms with Crippen LogP contribution in [0.3, 0.4) is 0 Å². The molecule has 0 aromatic rings. The predicted octanol–water partition coefficient (Wildman–Crippen LogP) is 2.50. The molecule has 0 aromatic heterocycles. The SMILES string of the molecule is BrCC#CC1=CCCC1. The molecule has 0 nitrogen and oxygen atoms in total. The van der Waals surface area contributed by atoms with Crippen molar-refractivity contribution in [1.82, 2.24) is 0 Å². The van der Waals surface area contributed by atoms with Crippen molar-refractivity contribution >= 4 is 15.9 Å². The average molecular weight is 185 g/mol. The first kappa shape index (κ1) is 6.89. The van der Waals surface area contributed by atoms with Crippen molar-refractivity contribution < 1.29 is 0 Å². The van der Waals surface area contributed by atoms with Crippen LogP contribution in [0.1, 0.15) is 19.3 Å². The molecule has 0 fully saturated rings. The Balaban J connectivity index is 2.43. The van der Waals surface area contributed by atoms with E-state index in [2.05, 4.69) is 33.8 Å². The van der Waals surface area contributed by atoms with Crippen LogP contribution in [0.25, 0.3) is 0 Å². The van der Waals surface area contributed by atoms with Gasteiger partial charge < -0.3 is 0 Å². The molecule has 0 N–H and O–H groups in total. The third-order valence-corrected chi connectivity index (χ3v) is 1.64. The molecule has 1 aliphatic carbocycles. The van der Waals surface area contributed by atoms with Gasteiger partial charge in [0, 0.05) is 0 Å². The smallest absolute Gasteiger partial charge is 0.0649 e. The lowest BCUT2D eigenvalue weighted by Gasteiger charge is -1.82. The fraction of sp³-hybridized carbons (Fsp3) is 0.500. The summed E-state index contributed by atoms with van der Waals surface area (Å²) in [6.07, 6.45) is 5.95. The van der Waals surface area contributed by atoms with Gasteiger partial charge in [0.05, 0.1) is 5.33 Å². The van der Waals surface area contributed by atoms with Crippen molar-refractivity contribution in [2.75, 3.05) is 5.33 Å². The lowest BCUT2D eigenvalue weighted by molar-refractivity contribution is 0.919. The molecule has 1 rings (SSSR count). The van der Waals surface area contributed by atoms with E-state index in [1.165, 1.54) is 24.8 Å². The van der Waals surface area contributed by atoms with E-state index in [4.69, 9.17) is 0 Å². The summed E-state index contributed by atoms with van der Waals surface area (Å²) in [6.45, 7) is 0. The molecule has 0 spiro atoms. The van der Waals surface area contributed by atoms with Gasteiger partial charge in [-0.05, 0) is 24.8 Å². The van der Waals surface area contributed by atoms with Gasteiger partial charge in [-0.25, -0.2) is 0 Å². The summed E-state index contributed by atoms with van der Waals surface area (Å²) in [4.78, 5) is 0. The highest BCUT2D eigenvalue weighted by Crippen LogP contribution is 2.15. The summed E-state index contributed by atoms with van der Waals surface area (Å²) in [7, 11) is 0. The topological polar surface area (TPSA) is 0 Å². The highest BCUT2D eigenvalue weighted by atomic mass is 79.9. The minimum Gasteiger partial charge on any atom is -0.0867 e. The Bertz CT molecular complexity index is 169. The maximum absolute atomic E-state index is 3.26. The van der Waals surface area contributed by atoms with Crippen molar-refractivity contribution in [3.05, 3.63) is 11.6 Å². The fourth-order valence-electron chi connectivity index (χ4n) is 0.931. The normalized spacial score (nSPS) is 16.3. The average Bonchev–Trinajstić information content (AvgIpc) is 2.34. The van der Waals surface area contributed by atoms with Crippen LogP contribution in [-0.2, 0) is 0 Å². The first-order valence-corrected chi connectivity index (χ1v) is 4.29. The van der Waals surface area contributed by atoms with E-state index in [1.807, 2.05) is 0 Å². The standard InChI is InChI=1S/C8H9Br/c9-7-3-6-8-4-1-2-5-8/h4H,1-2,5,7H2. The van der Waals surface area contributed by atoms with Gasteiger partial charge in [0.15, 0.2) is 0 Å². The van der Waals surface area contributed by atoms with Crippen LogP contribution in [0.5, 0.6) is 0 Å². The molecule has 0 aliphatic heterocycles. The molecule has 9 heavy (non-hydrogen) atoms. The second-order valence-electron chi connectivity index (χ2n) is 2.06. The molecule has 0 atom stereocenters. The molecule has 0 amide bonds. The van der Waals surface area contributed by atoms with Gasteiger partial charge in [-0.2, -0.15) is 0 Å². The molecule has 0 saturated carbocycles. The second-order valence-corrected chi connectivity index (χ2v) is 2.62.